The number of nitrogens with zero attached hydrogens (tertiary/aromatic N) is 1. The number of nitrogens with one attached hydrogen (secondary N) is 1. The third-order valence-electron chi connectivity index (χ3n) is 2.18. The van der Waals surface area contributed by atoms with Gasteiger partial charge in [-0.05, 0) is 25.3 Å². The van der Waals surface area contributed by atoms with E-state index in [9.17, 15) is 0 Å². The van der Waals surface area contributed by atoms with Crippen molar-refractivity contribution in [1.29, 1.82) is 0 Å². The number of hydrogen-bond donors (Lipinski definition) is 1. The van der Waals surface area contributed by atoms with Crippen LogP contribution < -0.4 is 5.32 Å². The van der Waals surface area contributed by atoms with Crippen LogP contribution in [0.25, 0.3) is 0 Å². The molecule has 1 rings (SSSR count). The van der Waals surface area contributed by atoms with E-state index in [0.717, 1.165) is 19.5 Å². The van der Waals surface area contributed by atoms with E-state index in [1.165, 1.54) is 9.88 Å². The lowest BCUT2D eigenvalue weighted by Crippen LogP contribution is -2.30. The molecule has 1 aromatic rings. The fourth-order valence-electron chi connectivity index (χ4n) is 1.48. The molecular weight excluding hydrogens is 192 g/mol. The van der Waals surface area contributed by atoms with Gasteiger partial charge in [0.25, 0.3) is 0 Å². The van der Waals surface area contributed by atoms with Crippen molar-refractivity contribution in [2.75, 3.05) is 13.1 Å². The molecule has 1 N–H and O–H groups in total. The fourth-order valence-corrected chi connectivity index (χ4v) is 2.54. The van der Waals surface area contributed by atoms with E-state index in [1.54, 1.807) is 0 Å². The predicted molar refractivity (Wildman–Crippen MR) is 62.9 cm³/mol. The van der Waals surface area contributed by atoms with Crippen LogP contribution in [0.4, 0.5) is 0 Å². The van der Waals surface area contributed by atoms with Crippen molar-refractivity contribution in [2.24, 2.45) is 5.41 Å². The normalized spacial score (nSPS) is 12.0. The second-order valence-corrected chi connectivity index (χ2v) is 5.79. The molecular formula is C11H20N2S. The van der Waals surface area contributed by atoms with Crippen LogP contribution in [-0.4, -0.2) is 18.1 Å². The summed E-state index contributed by atoms with van der Waals surface area (Å²) in [4.78, 5) is 5.67. The number of aryl methyl sites for hydroxylation is 1. The molecule has 0 amide bonds. The Labute approximate surface area is 90.8 Å². The highest BCUT2D eigenvalue weighted by atomic mass is 32.1. The van der Waals surface area contributed by atoms with E-state index >= 15 is 0 Å². The molecule has 1 heterocycles. The van der Waals surface area contributed by atoms with Crippen LogP contribution in [0.2, 0.25) is 0 Å². The third kappa shape index (κ3) is 3.76. The minimum Gasteiger partial charge on any atom is -0.316 e. The molecule has 0 aliphatic heterocycles. The summed E-state index contributed by atoms with van der Waals surface area (Å²) in [7, 11) is 0. The zero-order valence-electron chi connectivity index (χ0n) is 9.55. The summed E-state index contributed by atoms with van der Waals surface area (Å²) in [5.74, 6) is 0. The SMILES string of the molecule is CCNCC(C)(C)Cc1cnc(C)s1. The van der Waals surface area contributed by atoms with Crippen molar-refractivity contribution < 1.29 is 0 Å². The molecule has 0 spiro atoms. The van der Waals surface area contributed by atoms with Crippen molar-refractivity contribution in [2.45, 2.75) is 34.1 Å². The fraction of sp³-hybridized carbons (Fsp3) is 0.727. The van der Waals surface area contributed by atoms with Gasteiger partial charge < -0.3 is 5.32 Å². The van der Waals surface area contributed by atoms with E-state index in [-0.39, 0.29) is 0 Å². The summed E-state index contributed by atoms with van der Waals surface area (Å²) in [5, 5.41) is 4.57. The van der Waals surface area contributed by atoms with E-state index in [4.69, 9.17) is 0 Å². The molecule has 0 bridgehead atoms. The van der Waals surface area contributed by atoms with Gasteiger partial charge in [-0.3, -0.25) is 0 Å². The summed E-state index contributed by atoms with van der Waals surface area (Å²) in [5.41, 5.74) is 0.328. The average Bonchev–Trinajstić information content (AvgIpc) is 2.47. The van der Waals surface area contributed by atoms with E-state index in [0.29, 0.717) is 5.41 Å². The maximum Gasteiger partial charge on any atom is 0.0896 e. The highest BCUT2D eigenvalue weighted by Crippen LogP contribution is 2.24. The Balaban J connectivity index is 2.49. The van der Waals surface area contributed by atoms with Crippen LogP contribution >= 0.6 is 11.3 Å². The maximum atomic E-state index is 4.28. The van der Waals surface area contributed by atoms with Gasteiger partial charge in [-0.15, -0.1) is 11.3 Å². The highest BCUT2D eigenvalue weighted by Gasteiger charge is 2.18. The lowest BCUT2D eigenvalue weighted by Gasteiger charge is -2.23. The molecule has 2 nitrogen and oxygen atoms in total. The number of hydrogen-bond acceptors (Lipinski definition) is 3. The molecule has 80 valence electrons. The molecule has 0 aliphatic rings. The molecule has 1 aromatic heterocycles. The molecule has 0 atom stereocenters. The highest BCUT2D eigenvalue weighted by molar-refractivity contribution is 7.11. The van der Waals surface area contributed by atoms with E-state index in [2.05, 4.69) is 38.0 Å². The third-order valence-corrected chi connectivity index (χ3v) is 3.09. The van der Waals surface area contributed by atoms with Crippen LogP contribution in [0, 0.1) is 12.3 Å². The monoisotopic (exact) mass is 212 g/mol. The van der Waals surface area contributed by atoms with Gasteiger partial charge in [-0.1, -0.05) is 20.8 Å². The Morgan fingerprint density at radius 2 is 2.21 bits per heavy atom. The standard InChI is InChI=1S/C11H20N2S/c1-5-12-8-11(3,4)6-10-7-13-9(2)14-10/h7,12H,5-6,8H2,1-4H3. The smallest absolute Gasteiger partial charge is 0.0896 e. The van der Waals surface area contributed by atoms with Crippen LogP contribution in [0.1, 0.15) is 30.7 Å². The second-order valence-electron chi connectivity index (χ2n) is 4.47. The van der Waals surface area contributed by atoms with Gasteiger partial charge in [0.05, 0.1) is 5.01 Å². The van der Waals surface area contributed by atoms with E-state index < -0.39 is 0 Å². The van der Waals surface area contributed by atoms with Crippen molar-refractivity contribution in [3.8, 4) is 0 Å². The van der Waals surface area contributed by atoms with Gasteiger partial charge in [-0.2, -0.15) is 0 Å². The molecule has 0 fully saturated rings. The molecule has 14 heavy (non-hydrogen) atoms. The first-order valence-electron chi connectivity index (χ1n) is 5.15. The van der Waals surface area contributed by atoms with Crippen molar-refractivity contribution >= 4 is 11.3 Å². The zero-order valence-corrected chi connectivity index (χ0v) is 10.4. The maximum absolute atomic E-state index is 4.28. The second kappa shape index (κ2) is 4.89. The van der Waals surface area contributed by atoms with E-state index in [1.807, 2.05) is 17.5 Å². The first-order valence-corrected chi connectivity index (χ1v) is 5.97. The predicted octanol–water partition coefficient (Wildman–Crippen LogP) is 2.63. The van der Waals surface area contributed by atoms with Gasteiger partial charge in [-0.25, -0.2) is 4.98 Å². The molecule has 0 saturated carbocycles. The van der Waals surface area contributed by atoms with Crippen molar-refractivity contribution in [1.82, 2.24) is 10.3 Å². The average molecular weight is 212 g/mol. The zero-order chi connectivity index (χ0) is 10.6. The molecule has 0 radical (unpaired) electrons. The summed E-state index contributed by atoms with van der Waals surface area (Å²) in [6, 6.07) is 0. The van der Waals surface area contributed by atoms with Gasteiger partial charge >= 0.3 is 0 Å². The Kier molecular flexibility index (Phi) is 4.08. The Morgan fingerprint density at radius 3 is 2.71 bits per heavy atom. The summed E-state index contributed by atoms with van der Waals surface area (Å²) < 4.78 is 0. The number of rotatable bonds is 5. The van der Waals surface area contributed by atoms with Crippen LogP contribution in [0.15, 0.2) is 6.20 Å². The van der Waals surface area contributed by atoms with Gasteiger partial charge in [0.1, 0.15) is 0 Å². The van der Waals surface area contributed by atoms with Crippen molar-refractivity contribution in [3.05, 3.63) is 16.1 Å². The van der Waals surface area contributed by atoms with Crippen LogP contribution in [-0.2, 0) is 6.42 Å². The number of aromatic nitrogens is 1. The first kappa shape index (κ1) is 11.7. The minimum absolute atomic E-state index is 0.328. The Morgan fingerprint density at radius 1 is 1.50 bits per heavy atom. The van der Waals surface area contributed by atoms with Crippen LogP contribution in [0.3, 0.4) is 0 Å². The Bertz CT molecular complexity index is 279. The molecule has 0 aliphatic carbocycles. The van der Waals surface area contributed by atoms with Gasteiger partial charge in [0.15, 0.2) is 0 Å². The van der Waals surface area contributed by atoms with Gasteiger partial charge in [0, 0.05) is 17.6 Å². The van der Waals surface area contributed by atoms with Crippen molar-refractivity contribution in [3.63, 3.8) is 0 Å². The Hall–Kier alpha value is -0.410. The minimum atomic E-state index is 0.328. The summed E-state index contributed by atoms with van der Waals surface area (Å²) in [6.07, 6.45) is 3.12. The number of thiazole rings is 1. The lowest BCUT2D eigenvalue weighted by molar-refractivity contribution is 0.344. The molecule has 0 aromatic carbocycles. The molecule has 0 saturated heterocycles. The lowest BCUT2D eigenvalue weighted by atomic mass is 9.89. The quantitative estimate of drug-likeness (QED) is 0.811. The van der Waals surface area contributed by atoms with Crippen LogP contribution in [0.5, 0.6) is 0 Å². The summed E-state index contributed by atoms with van der Waals surface area (Å²) in [6.45, 7) is 10.9. The first-order chi connectivity index (χ1) is 6.53. The topological polar surface area (TPSA) is 24.9 Å². The van der Waals surface area contributed by atoms with Gasteiger partial charge in [0.2, 0.25) is 0 Å². The molecule has 0 unspecified atom stereocenters. The summed E-state index contributed by atoms with van der Waals surface area (Å²) >= 11 is 1.81. The molecule has 3 heteroatoms. The largest absolute Gasteiger partial charge is 0.316 e.